The fraction of sp³-hybridized carbons (Fsp3) is 0.167. The Morgan fingerprint density at radius 2 is 2.19 bits per heavy atom. The summed E-state index contributed by atoms with van der Waals surface area (Å²) in [5.41, 5.74) is 0.881. The number of hydrogen-bond acceptors (Lipinski definition) is 2. The molecule has 2 aromatic rings. The molecule has 1 aromatic carbocycles. The van der Waals surface area contributed by atoms with E-state index in [0.29, 0.717) is 0 Å². The van der Waals surface area contributed by atoms with Gasteiger partial charge in [0.25, 0.3) is 0 Å². The van der Waals surface area contributed by atoms with Crippen molar-refractivity contribution < 1.29 is 4.39 Å². The molecule has 0 radical (unpaired) electrons. The van der Waals surface area contributed by atoms with Crippen molar-refractivity contribution in [3.63, 3.8) is 0 Å². The van der Waals surface area contributed by atoms with E-state index >= 15 is 0 Å². The average Bonchev–Trinajstić information content (AvgIpc) is 2.78. The molecule has 84 valence electrons. The molecule has 16 heavy (non-hydrogen) atoms. The Labute approximate surface area is 103 Å². The highest BCUT2D eigenvalue weighted by molar-refractivity contribution is 7.10. The highest BCUT2D eigenvalue weighted by Crippen LogP contribution is 2.27. The van der Waals surface area contributed by atoms with Crippen molar-refractivity contribution in [3.05, 3.63) is 57.0 Å². The summed E-state index contributed by atoms with van der Waals surface area (Å²) in [7, 11) is 1.86. The minimum absolute atomic E-state index is 0.0202. The third kappa shape index (κ3) is 2.26. The molecule has 0 aliphatic carbocycles. The molecule has 0 amide bonds. The van der Waals surface area contributed by atoms with Gasteiger partial charge in [-0.1, -0.05) is 23.7 Å². The molecular weight excluding hydrogens is 245 g/mol. The smallest absolute Gasteiger partial charge is 0.142 e. The quantitative estimate of drug-likeness (QED) is 0.879. The summed E-state index contributed by atoms with van der Waals surface area (Å²) >= 11 is 7.30. The number of benzene rings is 1. The fourth-order valence-electron chi connectivity index (χ4n) is 1.62. The van der Waals surface area contributed by atoms with Gasteiger partial charge in [-0.15, -0.1) is 11.3 Å². The van der Waals surface area contributed by atoms with E-state index in [1.807, 2.05) is 30.6 Å². The topological polar surface area (TPSA) is 12.0 Å². The van der Waals surface area contributed by atoms with Gasteiger partial charge in [-0.05, 0) is 36.2 Å². The molecule has 1 unspecified atom stereocenters. The van der Waals surface area contributed by atoms with Crippen LogP contribution in [-0.4, -0.2) is 7.05 Å². The summed E-state index contributed by atoms with van der Waals surface area (Å²) in [4.78, 5) is 1.16. The van der Waals surface area contributed by atoms with E-state index in [0.717, 1.165) is 10.4 Å². The number of hydrogen-bond donors (Lipinski definition) is 1. The summed E-state index contributed by atoms with van der Waals surface area (Å²) in [6, 6.07) is 8.93. The molecule has 0 saturated carbocycles. The van der Waals surface area contributed by atoms with Crippen LogP contribution in [0.5, 0.6) is 0 Å². The summed E-state index contributed by atoms with van der Waals surface area (Å²) < 4.78 is 13.4. The lowest BCUT2D eigenvalue weighted by Gasteiger charge is -2.15. The van der Waals surface area contributed by atoms with Crippen LogP contribution < -0.4 is 5.32 Å². The van der Waals surface area contributed by atoms with Crippen molar-refractivity contribution in [3.8, 4) is 0 Å². The van der Waals surface area contributed by atoms with E-state index in [1.165, 1.54) is 6.07 Å². The van der Waals surface area contributed by atoms with Crippen LogP contribution in [0.15, 0.2) is 35.7 Å². The van der Waals surface area contributed by atoms with Gasteiger partial charge in [0.2, 0.25) is 0 Å². The van der Waals surface area contributed by atoms with E-state index in [4.69, 9.17) is 11.6 Å². The van der Waals surface area contributed by atoms with Gasteiger partial charge in [0.15, 0.2) is 0 Å². The Morgan fingerprint density at radius 1 is 1.38 bits per heavy atom. The zero-order valence-electron chi connectivity index (χ0n) is 8.71. The van der Waals surface area contributed by atoms with Crippen LogP contribution >= 0.6 is 22.9 Å². The number of halogens is 2. The Morgan fingerprint density at radius 3 is 2.75 bits per heavy atom. The monoisotopic (exact) mass is 255 g/mol. The van der Waals surface area contributed by atoms with Crippen LogP contribution in [0.3, 0.4) is 0 Å². The highest BCUT2D eigenvalue weighted by atomic mass is 35.5. The van der Waals surface area contributed by atoms with Crippen molar-refractivity contribution >= 4 is 22.9 Å². The minimum atomic E-state index is -0.379. The van der Waals surface area contributed by atoms with Gasteiger partial charge < -0.3 is 5.32 Å². The third-order valence-corrected chi connectivity index (χ3v) is 3.64. The molecule has 0 saturated heterocycles. The molecule has 1 heterocycles. The normalized spacial score (nSPS) is 12.7. The van der Waals surface area contributed by atoms with Gasteiger partial charge in [0.1, 0.15) is 5.82 Å². The van der Waals surface area contributed by atoms with Crippen LogP contribution in [0.1, 0.15) is 16.5 Å². The Hall–Kier alpha value is -0.900. The number of nitrogens with one attached hydrogen (secondary N) is 1. The van der Waals surface area contributed by atoms with Crippen LogP contribution in [0.2, 0.25) is 5.02 Å². The predicted octanol–water partition coefficient (Wildman–Crippen LogP) is 3.85. The van der Waals surface area contributed by atoms with Crippen LogP contribution in [0.4, 0.5) is 4.39 Å². The highest BCUT2D eigenvalue weighted by Gasteiger charge is 2.14. The van der Waals surface area contributed by atoms with Crippen molar-refractivity contribution in [2.24, 2.45) is 0 Å². The second-order valence-electron chi connectivity index (χ2n) is 3.41. The number of thiophene rings is 1. The largest absolute Gasteiger partial charge is 0.309 e. The van der Waals surface area contributed by atoms with E-state index in [1.54, 1.807) is 17.4 Å². The molecule has 1 atom stereocenters. The molecule has 2 rings (SSSR count). The third-order valence-electron chi connectivity index (χ3n) is 2.39. The van der Waals surface area contributed by atoms with Gasteiger partial charge in [0.05, 0.1) is 11.1 Å². The van der Waals surface area contributed by atoms with E-state index in [2.05, 4.69) is 5.32 Å². The summed E-state index contributed by atoms with van der Waals surface area (Å²) in [6.45, 7) is 0. The SMILES string of the molecule is CNC(c1ccc(Cl)c(F)c1)c1cccs1. The molecular formula is C12H11ClFNS. The molecule has 1 nitrogen and oxygen atoms in total. The lowest BCUT2D eigenvalue weighted by Crippen LogP contribution is -2.16. The second kappa shape index (κ2) is 4.95. The first-order chi connectivity index (χ1) is 7.72. The van der Waals surface area contributed by atoms with Gasteiger partial charge in [0, 0.05) is 4.88 Å². The van der Waals surface area contributed by atoms with Crippen LogP contribution in [0.25, 0.3) is 0 Å². The maximum absolute atomic E-state index is 13.4. The van der Waals surface area contributed by atoms with E-state index in [-0.39, 0.29) is 16.9 Å². The first-order valence-corrected chi connectivity index (χ1v) is 6.13. The molecule has 4 heteroatoms. The molecule has 0 bridgehead atoms. The molecule has 0 aliphatic rings. The first kappa shape index (κ1) is 11.6. The van der Waals surface area contributed by atoms with Gasteiger partial charge in [-0.25, -0.2) is 4.39 Å². The van der Waals surface area contributed by atoms with Crippen molar-refractivity contribution in [1.82, 2.24) is 5.32 Å². The van der Waals surface area contributed by atoms with Gasteiger partial charge >= 0.3 is 0 Å². The Kier molecular flexibility index (Phi) is 3.59. The number of rotatable bonds is 3. The minimum Gasteiger partial charge on any atom is -0.309 e. The predicted molar refractivity (Wildman–Crippen MR) is 66.6 cm³/mol. The molecule has 1 N–H and O–H groups in total. The van der Waals surface area contributed by atoms with Crippen LogP contribution in [-0.2, 0) is 0 Å². The standard InChI is InChI=1S/C12H11ClFNS/c1-15-12(11-3-2-6-16-11)8-4-5-9(13)10(14)7-8/h2-7,12,15H,1H3. The maximum atomic E-state index is 13.4. The molecule has 0 spiro atoms. The summed E-state index contributed by atoms with van der Waals surface area (Å²) in [5, 5.41) is 5.33. The van der Waals surface area contributed by atoms with Crippen molar-refractivity contribution in [1.29, 1.82) is 0 Å². The fourth-order valence-corrected chi connectivity index (χ4v) is 2.60. The van der Waals surface area contributed by atoms with Crippen molar-refractivity contribution in [2.75, 3.05) is 7.05 Å². The molecule has 0 fully saturated rings. The lowest BCUT2D eigenvalue weighted by molar-refractivity contribution is 0.618. The lowest BCUT2D eigenvalue weighted by atomic mass is 10.1. The zero-order valence-corrected chi connectivity index (χ0v) is 10.3. The average molecular weight is 256 g/mol. The molecule has 1 aromatic heterocycles. The summed E-state index contributed by atoms with van der Waals surface area (Å²) in [5.74, 6) is -0.379. The Balaban J connectivity index is 2.37. The van der Waals surface area contributed by atoms with Gasteiger partial charge in [-0.3, -0.25) is 0 Å². The zero-order chi connectivity index (χ0) is 11.5. The Bertz CT molecular complexity index is 470. The second-order valence-corrected chi connectivity index (χ2v) is 4.80. The maximum Gasteiger partial charge on any atom is 0.142 e. The molecule has 0 aliphatic heterocycles. The van der Waals surface area contributed by atoms with E-state index < -0.39 is 0 Å². The first-order valence-electron chi connectivity index (χ1n) is 4.88. The van der Waals surface area contributed by atoms with E-state index in [9.17, 15) is 4.39 Å². The van der Waals surface area contributed by atoms with Crippen LogP contribution in [0, 0.1) is 5.82 Å². The van der Waals surface area contributed by atoms with Gasteiger partial charge in [-0.2, -0.15) is 0 Å². The van der Waals surface area contributed by atoms with Crippen molar-refractivity contribution in [2.45, 2.75) is 6.04 Å². The summed E-state index contributed by atoms with van der Waals surface area (Å²) in [6.07, 6.45) is 0.